The number of likely N-dealkylation sites (N-methyl/N-ethyl adjacent to an activating group) is 1. The van der Waals surface area contributed by atoms with Gasteiger partial charge in [-0.25, -0.2) is 0 Å². The molecular weight excluding hydrogens is 208 g/mol. The molecule has 1 aliphatic carbocycles. The second kappa shape index (κ2) is 6.06. The first-order valence-electron chi connectivity index (χ1n) is 6.74. The molecule has 0 heterocycles. The Morgan fingerprint density at radius 1 is 1.29 bits per heavy atom. The summed E-state index contributed by atoms with van der Waals surface area (Å²) in [6.45, 7) is 5.59. The van der Waals surface area contributed by atoms with E-state index in [0.29, 0.717) is 0 Å². The van der Waals surface area contributed by atoms with Gasteiger partial charge in [0.05, 0.1) is 0 Å². The summed E-state index contributed by atoms with van der Waals surface area (Å²) in [6.07, 6.45) is 4.32. The number of nitrogens with zero attached hydrogens (tertiary/aromatic N) is 1. The molecule has 0 aromatic heterocycles. The predicted molar refractivity (Wildman–Crippen MR) is 74.5 cm³/mol. The molecular formula is C15H24N2. The summed E-state index contributed by atoms with van der Waals surface area (Å²) in [4.78, 5) is 2.45. The molecule has 94 valence electrons. The summed E-state index contributed by atoms with van der Waals surface area (Å²) in [5.41, 5.74) is 2.60. The van der Waals surface area contributed by atoms with Crippen molar-refractivity contribution in [3.05, 3.63) is 29.8 Å². The molecule has 1 fully saturated rings. The molecule has 0 radical (unpaired) electrons. The first kappa shape index (κ1) is 12.4. The van der Waals surface area contributed by atoms with E-state index in [4.69, 9.17) is 0 Å². The number of benzene rings is 1. The SMILES string of the molecule is Cc1ccccc1NCCN(C)CC1CCC1. The van der Waals surface area contributed by atoms with Crippen molar-refractivity contribution >= 4 is 5.69 Å². The number of aryl methyl sites for hydroxylation is 1. The number of hydrogen-bond donors (Lipinski definition) is 1. The van der Waals surface area contributed by atoms with E-state index < -0.39 is 0 Å². The van der Waals surface area contributed by atoms with Crippen LogP contribution < -0.4 is 5.32 Å². The van der Waals surface area contributed by atoms with Crippen LogP contribution in [-0.2, 0) is 0 Å². The fourth-order valence-corrected chi connectivity index (χ4v) is 2.36. The van der Waals surface area contributed by atoms with Crippen molar-refractivity contribution in [1.29, 1.82) is 0 Å². The Morgan fingerprint density at radius 3 is 2.71 bits per heavy atom. The van der Waals surface area contributed by atoms with Crippen molar-refractivity contribution < 1.29 is 0 Å². The van der Waals surface area contributed by atoms with Gasteiger partial charge in [0, 0.05) is 25.3 Å². The van der Waals surface area contributed by atoms with E-state index in [1.54, 1.807) is 0 Å². The van der Waals surface area contributed by atoms with E-state index in [-0.39, 0.29) is 0 Å². The van der Waals surface area contributed by atoms with Crippen LogP contribution in [0, 0.1) is 12.8 Å². The Morgan fingerprint density at radius 2 is 2.06 bits per heavy atom. The summed E-state index contributed by atoms with van der Waals surface area (Å²) in [7, 11) is 2.23. The zero-order valence-corrected chi connectivity index (χ0v) is 11.1. The third-order valence-corrected chi connectivity index (χ3v) is 3.75. The lowest BCUT2D eigenvalue weighted by atomic mass is 9.85. The molecule has 0 saturated heterocycles. The average molecular weight is 232 g/mol. The highest BCUT2D eigenvalue weighted by molar-refractivity contribution is 5.50. The van der Waals surface area contributed by atoms with Gasteiger partial charge >= 0.3 is 0 Å². The van der Waals surface area contributed by atoms with Crippen molar-refractivity contribution in [2.24, 2.45) is 5.92 Å². The van der Waals surface area contributed by atoms with Gasteiger partial charge < -0.3 is 10.2 Å². The average Bonchev–Trinajstić information content (AvgIpc) is 2.26. The van der Waals surface area contributed by atoms with Crippen molar-refractivity contribution in [3.63, 3.8) is 0 Å². The molecule has 1 aliphatic rings. The predicted octanol–water partition coefficient (Wildman–Crippen LogP) is 3.14. The van der Waals surface area contributed by atoms with Gasteiger partial charge in [0.15, 0.2) is 0 Å². The molecule has 2 nitrogen and oxygen atoms in total. The molecule has 0 spiro atoms. The molecule has 0 bridgehead atoms. The first-order chi connectivity index (χ1) is 8.25. The summed E-state index contributed by atoms with van der Waals surface area (Å²) in [5.74, 6) is 0.971. The van der Waals surface area contributed by atoms with Crippen LogP contribution in [0.2, 0.25) is 0 Å². The molecule has 0 aliphatic heterocycles. The third-order valence-electron chi connectivity index (χ3n) is 3.75. The van der Waals surface area contributed by atoms with Gasteiger partial charge in [0.1, 0.15) is 0 Å². The van der Waals surface area contributed by atoms with Crippen LogP contribution in [0.15, 0.2) is 24.3 Å². The summed E-state index contributed by atoms with van der Waals surface area (Å²) in [6, 6.07) is 8.48. The maximum absolute atomic E-state index is 3.51. The van der Waals surface area contributed by atoms with Crippen molar-refractivity contribution in [1.82, 2.24) is 4.90 Å². The van der Waals surface area contributed by atoms with E-state index in [9.17, 15) is 0 Å². The van der Waals surface area contributed by atoms with Crippen molar-refractivity contribution in [2.75, 3.05) is 32.0 Å². The summed E-state index contributed by atoms with van der Waals surface area (Å²) in [5, 5.41) is 3.51. The van der Waals surface area contributed by atoms with Crippen LogP contribution in [0.1, 0.15) is 24.8 Å². The Hall–Kier alpha value is -1.02. The molecule has 0 unspecified atom stereocenters. The molecule has 0 atom stereocenters. The molecule has 2 rings (SSSR count). The van der Waals surface area contributed by atoms with Crippen LogP contribution >= 0.6 is 0 Å². The molecule has 2 heteroatoms. The fourth-order valence-electron chi connectivity index (χ4n) is 2.36. The van der Waals surface area contributed by atoms with E-state index in [1.165, 1.54) is 37.1 Å². The van der Waals surface area contributed by atoms with E-state index in [0.717, 1.165) is 19.0 Å². The van der Waals surface area contributed by atoms with Crippen LogP contribution in [0.3, 0.4) is 0 Å². The molecule has 1 aromatic carbocycles. The highest BCUT2D eigenvalue weighted by atomic mass is 15.1. The number of para-hydroxylation sites is 1. The maximum Gasteiger partial charge on any atom is 0.0370 e. The zero-order chi connectivity index (χ0) is 12.1. The van der Waals surface area contributed by atoms with Gasteiger partial charge in [0.2, 0.25) is 0 Å². The van der Waals surface area contributed by atoms with Gasteiger partial charge in [-0.15, -0.1) is 0 Å². The molecule has 1 aromatic rings. The van der Waals surface area contributed by atoms with Crippen molar-refractivity contribution in [3.8, 4) is 0 Å². The van der Waals surface area contributed by atoms with Crippen molar-refractivity contribution in [2.45, 2.75) is 26.2 Å². The quantitative estimate of drug-likeness (QED) is 0.810. The van der Waals surface area contributed by atoms with Gasteiger partial charge in [-0.1, -0.05) is 24.6 Å². The molecule has 1 N–H and O–H groups in total. The maximum atomic E-state index is 3.51. The van der Waals surface area contributed by atoms with Gasteiger partial charge in [-0.3, -0.25) is 0 Å². The van der Waals surface area contributed by atoms with E-state index in [1.807, 2.05) is 0 Å². The fraction of sp³-hybridized carbons (Fsp3) is 0.600. The number of rotatable bonds is 6. The summed E-state index contributed by atoms with van der Waals surface area (Å²) >= 11 is 0. The monoisotopic (exact) mass is 232 g/mol. The second-order valence-electron chi connectivity index (χ2n) is 5.30. The minimum Gasteiger partial charge on any atom is -0.384 e. The van der Waals surface area contributed by atoms with Gasteiger partial charge in [0.25, 0.3) is 0 Å². The van der Waals surface area contributed by atoms with Crippen LogP contribution in [0.25, 0.3) is 0 Å². The minimum absolute atomic E-state index is 0.971. The number of nitrogens with one attached hydrogen (secondary N) is 1. The first-order valence-corrected chi connectivity index (χ1v) is 6.74. The second-order valence-corrected chi connectivity index (χ2v) is 5.30. The molecule has 0 amide bonds. The zero-order valence-electron chi connectivity index (χ0n) is 11.1. The third kappa shape index (κ3) is 3.74. The lowest BCUT2D eigenvalue weighted by molar-refractivity contribution is 0.210. The normalized spacial score (nSPS) is 15.9. The van der Waals surface area contributed by atoms with E-state index >= 15 is 0 Å². The van der Waals surface area contributed by atoms with Crippen LogP contribution in [0.4, 0.5) is 5.69 Å². The standard InChI is InChI=1S/C15H24N2/c1-13-6-3-4-9-15(13)16-10-11-17(2)12-14-7-5-8-14/h3-4,6,9,14,16H,5,7-8,10-12H2,1-2H3. The summed E-state index contributed by atoms with van der Waals surface area (Å²) < 4.78 is 0. The topological polar surface area (TPSA) is 15.3 Å². The number of anilines is 1. The highest BCUT2D eigenvalue weighted by Crippen LogP contribution is 2.26. The van der Waals surface area contributed by atoms with Crippen LogP contribution in [-0.4, -0.2) is 31.6 Å². The minimum atomic E-state index is 0.971. The Labute approximate surface area is 105 Å². The Bertz CT molecular complexity index is 345. The molecule has 17 heavy (non-hydrogen) atoms. The van der Waals surface area contributed by atoms with E-state index in [2.05, 4.69) is 48.5 Å². The highest BCUT2D eigenvalue weighted by Gasteiger charge is 2.18. The largest absolute Gasteiger partial charge is 0.384 e. The number of hydrogen-bond acceptors (Lipinski definition) is 2. The van der Waals surface area contributed by atoms with Gasteiger partial charge in [-0.05, 0) is 44.4 Å². The lowest BCUT2D eigenvalue weighted by Gasteiger charge is -2.30. The smallest absolute Gasteiger partial charge is 0.0370 e. The Kier molecular flexibility index (Phi) is 4.43. The van der Waals surface area contributed by atoms with Crippen LogP contribution in [0.5, 0.6) is 0 Å². The Balaban J connectivity index is 1.66. The lowest BCUT2D eigenvalue weighted by Crippen LogP contribution is -2.32. The molecule has 1 saturated carbocycles. The van der Waals surface area contributed by atoms with Gasteiger partial charge in [-0.2, -0.15) is 0 Å².